The largest absolute Gasteiger partial charge is 0.495 e. The fourth-order valence-electron chi connectivity index (χ4n) is 3.15. The van der Waals surface area contributed by atoms with Crippen LogP contribution in [0.4, 0.5) is 0 Å². The zero-order valence-electron chi connectivity index (χ0n) is 16.9. The molecular formula is C22H22ClN3O3S. The lowest BCUT2D eigenvalue weighted by atomic mass is 10.2. The van der Waals surface area contributed by atoms with Crippen molar-refractivity contribution in [1.82, 2.24) is 14.9 Å². The summed E-state index contributed by atoms with van der Waals surface area (Å²) in [7, 11) is 1.53. The van der Waals surface area contributed by atoms with Crippen molar-refractivity contribution in [2.24, 2.45) is 0 Å². The van der Waals surface area contributed by atoms with Crippen molar-refractivity contribution < 1.29 is 9.53 Å². The number of amides is 1. The predicted molar refractivity (Wildman–Crippen MR) is 120 cm³/mol. The van der Waals surface area contributed by atoms with E-state index in [0.29, 0.717) is 32.5 Å². The second kappa shape index (κ2) is 8.32. The fraction of sp³-hybridized carbons (Fsp3) is 0.318. The summed E-state index contributed by atoms with van der Waals surface area (Å²) in [5, 5.41) is 4.06. The van der Waals surface area contributed by atoms with Crippen LogP contribution >= 0.6 is 23.4 Å². The molecule has 0 radical (unpaired) electrons. The number of halogens is 1. The Morgan fingerprint density at radius 1 is 1.33 bits per heavy atom. The number of aryl methyl sites for hydroxylation is 1. The van der Waals surface area contributed by atoms with E-state index in [4.69, 9.17) is 21.3 Å². The Morgan fingerprint density at radius 2 is 2.07 bits per heavy atom. The molecule has 1 fully saturated rings. The van der Waals surface area contributed by atoms with Gasteiger partial charge in [-0.05, 0) is 50.5 Å². The summed E-state index contributed by atoms with van der Waals surface area (Å²) in [5.41, 5.74) is 1.71. The van der Waals surface area contributed by atoms with E-state index in [-0.39, 0.29) is 17.5 Å². The molecule has 2 aromatic carbocycles. The highest BCUT2D eigenvalue weighted by Gasteiger charge is 2.27. The number of carbonyl (C=O) groups is 1. The number of rotatable bonds is 6. The molecule has 1 unspecified atom stereocenters. The molecule has 4 rings (SSSR count). The molecule has 0 saturated heterocycles. The van der Waals surface area contributed by atoms with Crippen molar-refractivity contribution in [3.05, 3.63) is 57.3 Å². The number of fused-ring (bicyclic) bond motifs is 1. The van der Waals surface area contributed by atoms with E-state index < -0.39 is 5.25 Å². The van der Waals surface area contributed by atoms with E-state index >= 15 is 0 Å². The molecular weight excluding hydrogens is 422 g/mol. The van der Waals surface area contributed by atoms with Crippen molar-refractivity contribution >= 4 is 40.2 Å². The first kappa shape index (κ1) is 20.8. The SMILES string of the molecule is COc1cc(Cl)c(C)cc1-n1c(SC(C)C(=O)NC2CC2)nc2ccccc2c1=O. The van der Waals surface area contributed by atoms with Gasteiger partial charge in [0.1, 0.15) is 5.75 Å². The molecule has 1 aliphatic carbocycles. The van der Waals surface area contributed by atoms with Gasteiger partial charge in [0.15, 0.2) is 5.16 Å². The first-order valence-corrected chi connectivity index (χ1v) is 11.0. The third kappa shape index (κ3) is 4.04. The Balaban J connectivity index is 1.88. The van der Waals surface area contributed by atoms with Crippen LogP contribution in [0.5, 0.6) is 5.75 Å². The minimum absolute atomic E-state index is 0.0595. The lowest BCUT2D eigenvalue weighted by Gasteiger charge is -2.19. The van der Waals surface area contributed by atoms with Crippen LogP contribution < -0.4 is 15.6 Å². The highest BCUT2D eigenvalue weighted by molar-refractivity contribution is 8.00. The van der Waals surface area contributed by atoms with Gasteiger partial charge in [0, 0.05) is 17.1 Å². The summed E-state index contributed by atoms with van der Waals surface area (Å²) in [6.45, 7) is 3.68. The van der Waals surface area contributed by atoms with Gasteiger partial charge in [0.2, 0.25) is 5.91 Å². The fourth-order valence-corrected chi connectivity index (χ4v) is 4.23. The van der Waals surface area contributed by atoms with Crippen molar-refractivity contribution in [3.63, 3.8) is 0 Å². The zero-order valence-corrected chi connectivity index (χ0v) is 18.5. The van der Waals surface area contributed by atoms with Crippen molar-refractivity contribution in [2.75, 3.05) is 7.11 Å². The van der Waals surface area contributed by atoms with Crippen LogP contribution in [0, 0.1) is 6.92 Å². The second-order valence-electron chi connectivity index (χ2n) is 7.37. The van der Waals surface area contributed by atoms with Crippen LogP contribution in [0.2, 0.25) is 5.02 Å². The smallest absolute Gasteiger partial charge is 0.266 e. The lowest BCUT2D eigenvalue weighted by molar-refractivity contribution is -0.120. The Labute approximate surface area is 183 Å². The van der Waals surface area contributed by atoms with Gasteiger partial charge in [-0.3, -0.25) is 14.2 Å². The standard InChI is InChI=1S/C22H22ClN3O3S/c1-12-10-18(19(29-3)11-16(12)23)26-21(28)15-6-4-5-7-17(15)25-22(26)30-13(2)20(27)24-14-8-9-14/h4-7,10-11,13-14H,8-9H2,1-3H3,(H,24,27). The number of ether oxygens (including phenoxy) is 1. The number of thioether (sulfide) groups is 1. The molecule has 0 aliphatic heterocycles. The molecule has 1 atom stereocenters. The average molecular weight is 444 g/mol. The molecule has 1 amide bonds. The second-order valence-corrected chi connectivity index (χ2v) is 9.08. The molecule has 0 spiro atoms. The van der Waals surface area contributed by atoms with Crippen LogP contribution in [0.15, 0.2) is 46.3 Å². The van der Waals surface area contributed by atoms with Crippen LogP contribution in [-0.2, 0) is 4.79 Å². The van der Waals surface area contributed by atoms with Gasteiger partial charge in [0.25, 0.3) is 5.56 Å². The van der Waals surface area contributed by atoms with Gasteiger partial charge in [-0.15, -0.1) is 0 Å². The third-order valence-electron chi connectivity index (χ3n) is 5.02. The molecule has 156 valence electrons. The minimum atomic E-state index is -0.413. The highest BCUT2D eigenvalue weighted by atomic mass is 35.5. The summed E-state index contributed by atoms with van der Waals surface area (Å²) in [6, 6.07) is 10.9. The molecule has 1 heterocycles. The molecule has 1 aromatic heterocycles. The van der Waals surface area contributed by atoms with E-state index in [9.17, 15) is 9.59 Å². The first-order valence-electron chi connectivity index (χ1n) is 9.72. The molecule has 30 heavy (non-hydrogen) atoms. The molecule has 8 heteroatoms. The maximum Gasteiger partial charge on any atom is 0.266 e. The van der Waals surface area contributed by atoms with Gasteiger partial charge in [-0.1, -0.05) is 35.5 Å². The summed E-state index contributed by atoms with van der Waals surface area (Å²) in [4.78, 5) is 30.7. The summed E-state index contributed by atoms with van der Waals surface area (Å²) in [5.74, 6) is 0.400. The maximum absolute atomic E-state index is 13.5. The van der Waals surface area contributed by atoms with Gasteiger partial charge in [-0.2, -0.15) is 0 Å². The van der Waals surface area contributed by atoms with Crippen LogP contribution in [-0.4, -0.2) is 33.9 Å². The number of hydrogen-bond acceptors (Lipinski definition) is 5. The predicted octanol–water partition coefficient (Wildman–Crippen LogP) is 4.12. The van der Waals surface area contributed by atoms with E-state index in [1.807, 2.05) is 19.9 Å². The van der Waals surface area contributed by atoms with Gasteiger partial charge in [-0.25, -0.2) is 4.98 Å². The normalized spacial score (nSPS) is 14.5. The number of benzene rings is 2. The van der Waals surface area contributed by atoms with Gasteiger partial charge >= 0.3 is 0 Å². The van der Waals surface area contributed by atoms with E-state index in [1.54, 1.807) is 30.3 Å². The molecule has 1 aliphatic rings. The third-order valence-corrected chi connectivity index (χ3v) is 6.48. The van der Waals surface area contributed by atoms with E-state index in [1.165, 1.54) is 23.4 Å². The zero-order chi connectivity index (χ0) is 21.4. The number of methoxy groups -OCH3 is 1. The molecule has 6 nitrogen and oxygen atoms in total. The Morgan fingerprint density at radius 3 is 2.77 bits per heavy atom. The first-order chi connectivity index (χ1) is 14.4. The lowest BCUT2D eigenvalue weighted by Crippen LogP contribution is -2.33. The molecule has 1 saturated carbocycles. The van der Waals surface area contributed by atoms with Crippen molar-refractivity contribution in [2.45, 2.75) is 43.1 Å². The summed E-state index contributed by atoms with van der Waals surface area (Å²) in [6.07, 6.45) is 2.03. The number of carbonyl (C=O) groups excluding carboxylic acids is 1. The number of nitrogens with zero attached hydrogens (tertiary/aromatic N) is 2. The van der Waals surface area contributed by atoms with Gasteiger partial charge < -0.3 is 10.1 Å². The minimum Gasteiger partial charge on any atom is -0.495 e. The Kier molecular flexibility index (Phi) is 5.75. The Hall–Kier alpha value is -2.51. The van der Waals surface area contributed by atoms with E-state index in [2.05, 4.69) is 5.32 Å². The monoisotopic (exact) mass is 443 g/mol. The summed E-state index contributed by atoms with van der Waals surface area (Å²) < 4.78 is 7.02. The maximum atomic E-state index is 13.5. The van der Waals surface area contributed by atoms with Crippen LogP contribution in [0.3, 0.4) is 0 Å². The topological polar surface area (TPSA) is 73.2 Å². The number of aromatic nitrogens is 2. The quantitative estimate of drug-likeness (QED) is 0.458. The van der Waals surface area contributed by atoms with E-state index in [0.717, 1.165) is 18.4 Å². The average Bonchev–Trinajstić information content (AvgIpc) is 3.54. The molecule has 3 aromatic rings. The molecule has 1 N–H and O–H groups in total. The van der Waals surface area contributed by atoms with Crippen molar-refractivity contribution in [1.29, 1.82) is 0 Å². The Bertz CT molecular complexity index is 1190. The summed E-state index contributed by atoms with van der Waals surface area (Å²) >= 11 is 7.52. The highest BCUT2D eigenvalue weighted by Crippen LogP contribution is 2.33. The number of nitrogens with one attached hydrogen (secondary N) is 1. The van der Waals surface area contributed by atoms with Crippen LogP contribution in [0.25, 0.3) is 16.6 Å². The molecule has 0 bridgehead atoms. The number of hydrogen-bond donors (Lipinski definition) is 1. The van der Waals surface area contributed by atoms with Gasteiger partial charge in [0.05, 0.1) is 29.0 Å². The number of para-hydroxylation sites is 1. The van der Waals surface area contributed by atoms with Crippen molar-refractivity contribution in [3.8, 4) is 11.4 Å². The van der Waals surface area contributed by atoms with Crippen LogP contribution in [0.1, 0.15) is 25.3 Å².